The van der Waals surface area contributed by atoms with Crippen molar-refractivity contribution in [3.8, 4) is 23.3 Å². The zero-order chi connectivity index (χ0) is 14.5. The summed E-state index contributed by atoms with van der Waals surface area (Å²) < 4.78 is 14.6. The number of rotatable bonds is 0. The molecule has 2 aromatic carbocycles. The number of halogens is 1. The van der Waals surface area contributed by atoms with Crippen molar-refractivity contribution in [2.75, 3.05) is 0 Å². The topological polar surface area (TPSA) is 47.6 Å². The second kappa shape index (κ2) is 3.92. The summed E-state index contributed by atoms with van der Waals surface area (Å²) in [7, 11) is 0. The van der Waals surface area contributed by atoms with Gasteiger partial charge in [-0.25, -0.2) is 4.39 Å². The second-order valence-electron chi connectivity index (χ2n) is 5.43. The molecule has 0 saturated heterocycles. The molecular formula is C17H11FN2. The maximum Gasteiger partial charge on any atom is 0.145 e. The summed E-state index contributed by atoms with van der Waals surface area (Å²) in [6.45, 7) is 3.84. The first-order valence-corrected chi connectivity index (χ1v) is 6.29. The Kier molecular flexibility index (Phi) is 2.43. The molecule has 0 saturated carbocycles. The highest BCUT2D eigenvalue weighted by atomic mass is 19.1. The third kappa shape index (κ3) is 1.35. The Morgan fingerprint density at radius 2 is 1.70 bits per heavy atom. The highest BCUT2D eigenvalue weighted by Crippen LogP contribution is 2.51. The van der Waals surface area contributed by atoms with E-state index in [1.807, 2.05) is 44.2 Å². The molecule has 0 unspecified atom stereocenters. The third-order valence-corrected chi connectivity index (χ3v) is 4.00. The van der Waals surface area contributed by atoms with Gasteiger partial charge in [0.25, 0.3) is 0 Å². The molecule has 0 aromatic heterocycles. The molecular weight excluding hydrogens is 251 g/mol. The number of fused-ring (bicyclic) bond motifs is 3. The van der Waals surface area contributed by atoms with Crippen molar-refractivity contribution >= 4 is 0 Å². The van der Waals surface area contributed by atoms with Gasteiger partial charge >= 0.3 is 0 Å². The molecule has 0 amide bonds. The first kappa shape index (κ1) is 12.4. The molecule has 0 heterocycles. The number of hydrogen-bond donors (Lipinski definition) is 0. The van der Waals surface area contributed by atoms with Gasteiger partial charge in [0.15, 0.2) is 0 Å². The largest absolute Gasteiger partial charge is 0.205 e. The lowest BCUT2D eigenvalue weighted by molar-refractivity contribution is 0.556. The highest BCUT2D eigenvalue weighted by molar-refractivity contribution is 5.85. The second-order valence-corrected chi connectivity index (χ2v) is 5.43. The van der Waals surface area contributed by atoms with E-state index in [-0.39, 0.29) is 5.56 Å². The predicted octanol–water partition coefficient (Wildman–Crippen LogP) is 3.88. The summed E-state index contributed by atoms with van der Waals surface area (Å²) in [5, 5.41) is 18.4. The summed E-state index contributed by atoms with van der Waals surface area (Å²) in [6, 6.07) is 12.9. The van der Waals surface area contributed by atoms with Gasteiger partial charge in [0.2, 0.25) is 0 Å². The van der Waals surface area contributed by atoms with Crippen molar-refractivity contribution in [1.82, 2.24) is 0 Å². The Hall–Kier alpha value is -2.65. The molecule has 0 aliphatic heterocycles. The van der Waals surface area contributed by atoms with E-state index in [0.717, 1.165) is 11.1 Å². The lowest BCUT2D eigenvalue weighted by Crippen LogP contribution is -2.17. The van der Waals surface area contributed by atoms with Crippen LogP contribution in [0.5, 0.6) is 0 Å². The molecule has 20 heavy (non-hydrogen) atoms. The summed E-state index contributed by atoms with van der Waals surface area (Å²) in [6.07, 6.45) is 0. The van der Waals surface area contributed by atoms with Crippen LogP contribution >= 0.6 is 0 Å². The summed E-state index contributed by atoms with van der Waals surface area (Å²) >= 11 is 0. The smallest absolute Gasteiger partial charge is 0.145 e. The molecule has 0 bridgehead atoms. The predicted molar refractivity (Wildman–Crippen MR) is 73.4 cm³/mol. The van der Waals surface area contributed by atoms with Gasteiger partial charge in [-0.15, -0.1) is 0 Å². The average Bonchev–Trinajstić information content (AvgIpc) is 2.69. The van der Waals surface area contributed by atoms with E-state index in [1.54, 1.807) is 0 Å². The van der Waals surface area contributed by atoms with Crippen LogP contribution in [0.1, 0.15) is 36.1 Å². The van der Waals surface area contributed by atoms with Crippen molar-refractivity contribution < 1.29 is 4.39 Å². The summed E-state index contributed by atoms with van der Waals surface area (Å²) in [4.78, 5) is 0. The molecule has 0 N–H and O–H groups in total. The van der Waals surface area contributed by atoms with Crippen LogP contribution in [0.25, 0.3) is 11.1 Å². The first-order valence-electron chi connectivity index (χ1n) is 6.29. The van der Waals surface area contributed by atoms with Gasteiger partial charge in [0.1, 0.15) is 11.9 Å². The van der Waals surface area contributed by atoms with Gasteiger partial charge in [0.05, 0.1) is 17.2 Å². The molecule has 0 spiro atoms. The Balaban J connectivity index is 2.53. The van der Waals surface area contributed by atoms with Crippen LogP contribution < -0.4 is 0 Å². The maximum atomic E-state index is 14.6. The number of nitriles is 2. The molecule has 2 aromatic rings. The molecule has 96 valence electrons. The van der Waals surface area contributed by atoms with Crippen LogP contribution in [-0.2, 0) is 5.41 Å². The minimum absolute atomic E-state index is 0.0684. The Morgan fingerprint density at radius 1 is 1.05 bits per heavy atom. The van der Waals surface area contributed by atoms with Gasteiger partial charge in [-0.2, -0.15) is 10.5 Å². The van der Waals surface area contributed by atoms with E-state index in [2.05, 4.69) is 6.07 Å². The normalized spacial score (nSPS) is 14.1. The molecule has 3 heteroatoms. The van der Waals surface area contributed by atoms with Crippen molar-refractivity contribution in [2.24, 2.45) is 0 Å². The van der Waals surface area contributed by atoms with E-state index >= 15 is 0 Å². The van der Waals surface area contributed by atoms with Crippen molar-refractivity contribution in [1.29, 1.82) is 10.5 Å². The zero-order valence-electron chi connectivity index (χ0n) is 11.2. The SMILES string of the molecule is CC1(C)c2ccccc2-c2c(C#N)cc(C#N)c(F)c21. The van der Waals surface area contributed by atoms with Crippen molar-refractivity contribution in [3.05, 3.63) is 58.4 Å². The Bertz CT molecular complexity index is 820. The summed E-state index contributed by atoms with van der Waals surface area (Å²) in [5.41, 5.74) is 2.69. The molecule has 2 nitrogen and oxygen atoms in total. The summed E-state index contributed by atoms with van der Waals surface area (Å²) in [5.74, 6) is -0.511. The van der Waals surface area contributed by atoms with Crippen molar-refractivity contribution in [3.63, 3.8) is 0 Å². The van der Waals surface area contributed by atoms with E-state index in [1.165, 1.54) is 6.07 Å². The highest BCUT2D eigenvalue weighted by Gasteiger charge is 2.40. The van der Waals surface area contributed by atoms with Gasteiger partial charge in [-0.05, 0) is 17.2 Å². The molecule has 1 aliphatic rings. The monoisotopic (exact) mass is 262 g/mol. The zero-order valence-corrected chi connectivity index (χ0v) is 11.2. The quantitative estimate of drug-likeness (QED) is 0.723. The fourth-order valence-electron chi connectivity index (χ4n) is 3.08. The first-order chi connectivity index (χ1) is 9.52. The third-order valence-electron chi connectivity index (χ3n) is 4.00. The molecule has 0 atom stereocenters. The van der Waals surface area contributed by atoms with Crippen molar-refractivity contribution in [2.45, 2.75) is 19.3 Å². The van der Waals surface area contributed by atoms with E-state index in [9.17, 15) is 9.65 Å². The lowest BCUT2D eigenvalue weighted by atomic mass is 9.81. The standard InChI is InChI=1S/C17H11FN2/c1-17(2)13-6-4-3-5-12(13)14-10(8-19)7-11(9-20)16(18)15(14)17/h3-7H,1-2H3. The van der Waals surface area contributed by atoms with Crippen LogP contribution in [0.4, 0.5) is 4.39 Å². The van der Waals surface area contributed by atoms with Gasteiger partial charge < -0.3 is 0 Å². The van der Waals surface area contributed by atoms with E-state index < -0.39 is 11.2 Å². The lowest BCUT2D eigenvalue weighted by Gasteiger charge is -2.22. The van der Waals surface area contributed by atoms with Gasteiger partial charge in [-0.3, -0.25) is 0 Å². The van der Waals surface area contributed by atoms with Crippen LogP contribution in [0.2, 0.25) is 0 Å². The van der Waals surface area contributed by atoms with Crippen LogP contribution in [-0.4, -0.2) is 0 Å². The number of nitrogens with zero attached hydrogens (tertiary/aromatic N) is 2. The van der Waals surface area contributed by atoms with Gasteiger partial charge in [-0.1, -0.05) is 38.1 Å². The Morgan fingerprint density at radius 3 is 2.35 bits per heavy atom. The molecule has 0 radical (unpaired) electrons. The molecule has 0 fully saturated rings. The van der Waals surface area contributed by atoms with Crippen LogP contribution in [0, 0.1) is 28.5 Å². The van der Waals surface area contributed by atoms with Gasteiger partial charge in [0, 0.05) is 16.5 Å². The fourth-order valence-corrected chi connectivity index (χ4v) is 3.08. The number of benzene rings is 2. The Labute approximate surface area is 116 Å². The van der Waals surface area contributed by atoms with Crippen LogP contribution in [0.15, 0.2) is 30.3 Å². The van der Waals surface area contributed by atoms with Crippen LogP contribution in [0.3, 0.4) is 0 Å². The fraction of sp³-hybridized carbons (Fsp3) is 0.176. The minimum Gasteiger partial charge on any atom is -0.205 e. The minimum atomic E-state index is -0.547. The van der Waals surface area contributed by atoms with E-state index in [0.29, 0.717) is 16.7 Å². The maximum absolute atomic E-state index is 14.6. The van der Waals surface area contributed by atoms with E-state index in [4.69, 9.17) is 5.26 Å². The molecule has 1 aliphatic carbocycles. The average molecular weight is 262 g/mol. The number of hydrogen-bond acceptors (Lipinski definition) is 2. The molecule has 3 rings (SSSR count).